The van der Waals surface area contributed by atoms with E-state index in [-0.39, 0.29) is 5.78 Å². The third-order valence-electron chi connectivity index (χ3n) is 3.62. The van der Waals surface area contributed by atoms with E-state index >= 15 is 0 Å². The minimum absolute atomic E-state index is 0.227. The highest BCUT2D eigenvalue weighted by atomic mass is 32.2. The summed E-state index contributed by atoms with van der Waals surface area (Å²) in [6.45, 7) is 5.62. The van der Waals surface area contributed by atoms with Gasteiger partial charge in [0.2, 0.25) is 0 Å². The van der Waals surface area contributed by atoms with Gasteiger partial charge >= 0.3 is 0 Å². The molecule has 3 heteroatoms. The topological polar surface area (TPSA) is 20.3 Å². The number of nitrogens with zero attached hydrogens (tertiary/aromatic N) is 1. The zero-order valence-corrected chi connectivity index (χ0v) is 12.5. The summed E-state index contributed by atoms with van der Waals surface area (Å²) in [6.07, 6.45) is 4.70. The summed E-state index contributed by atoms with van der Waals surface area (Å²) in [7, 11) is 0. The van der Waals surface area contributed by atoms with Crippen molar-refractivity contribution in [3.05, 3.63) is 29.8 Å². The maximum atomic E-state index is 11.5. The van der Waals surface area contributed by atoms with Gasteiger partial charge in [-0.25, -0.2) is 0 Å². The predicted octanol–water partition coefficient (Wildman–Crippen LogP) is 3.86. The third kappa shape index (κ3) is 4.66. The van der Waals surface area contributed by atoms with Crippen molar-refractivity contribution in [1.29, 1.82) is 0 Å². The summed E-state index contributed by atoms with van der Waals surface area (Å²) < 4.78 is 0. The van der Waals surface area contributed by atoms with Gasteiger partial charge in [-0.15, -0.1) is 11.8 Å². The van der Waals surface area contributed by atoms with Crippen LogP contribution in [0.3, 0.4) is 0 Å². The smallest absolute Gasteiger partial charge is 0.162 e. The lowest BCUT2D eigenvalue weighted by Gasteiger charge is -2.26. The van der Waals surface area contributed by atoms with Gasteiger partial charge in [-0.3, -0.25) is 4.79 Å². The number of hydrogen-bond donors (Lipinski definition) is 0. The van der Waals surface area contributed by atoms with Crippen LogP contribution < -0.4 is 0 Å². The van der Waals surface area contributed by atoms with E-state index in [2.05, 4.69) is 17.0 Å². The number of piperidine rings is 1. The van der Waals surface area contributed by atoms with Gasteiger partial charge in [0, 0.05) is 29.2 Å². The number of thioether (sulfide) groups is 1. The number of likely N-dealkylation sites (tertiary alicyclic amines) is 1. The molecule has 1 heterocycles. The van der Waals surface area contributed by atoms with Crippen molar-refractivity contribution in [1.82, 2.24) is 4.90 Å². The Balaban J connectivity index is 1.75. The zero-order chi connectivity index (χ0) is 13.5. The van der Waals surface area contributed by atoms with E-state index in [0.29, 0.717) is 6.42 Å². The minimum atomic E-state index is 0.227. The van der Waals surface area contributed by atoms with Crippen molar-refractivity contribution in [3.8, 4) is 0 Å². The molecule has 0 amide bonds. The van der Waals surface area contributed by atoms with Gasteiger partial charge in [-0.1, -0.05) is 25.5 Å². The molecule has 1 fully saturated rings. The predicted molar refractivity (Wildman–Crippen MR) is 82.1 cm³/mol. The number of carbonyl (C=O) groups excluding carboxylic acids is 1. The Kier molecular flexibility index (Phi) is 5.93. The number of Topliss-reactive ketones (excluding diaryl/α,β-unsaturated/α-hetero) is 1. The molecule has 0 N–H and O–H groups in total. The number of ketones is 1. The molecule has 19 heavy (non-hydrogen) atoms. The van der Waals surface area contributed by atoms with Crippen LogP contribution in [-0.2, 0) is 0 Å². The van der Waals surface area contributed by atoms with E-state index < -0.39 is 0 Å². The van der Waals surface area contributed by atoms with Gasteiger partial charge in [-0.2, -0.15) is 0 Å². The molecule has 1 aliphatic rings. The summed E-state index contributed by atoms with van der Waals surface area (Å²) >= 11 is 1.89. The first-order valence-corrected chi connectivity index (χ1v) is 8.26. The molecule has 1 aromatic rings. The van der Waals surface area contributed by atoms with Crippen LogP contribution in [-0.4, -0.2) is 36.1 Å². The Morgan fingerprint density at radius 2 is 1.84 bits per heavy atom. The summed E-state index contributed by atoms with van der Waals surface area (Å²) in [4.78, 5) is 15.4. The van der Waals surface area contributed by atoms with Crippen LogP contribution in [0.2, 0.25) is 0 Å². The van der Waals surface area contributed by atoms with Crippen molar-refractivity contribution in [2.45, 2.75) is 37.5 Å². The molecule has 1 aromatic carbocycles. The van der Waals surface area contributed by atoms with Crippen LogP contribution in [0.25, 0.3) is 0 Å². The molecule has 104 valence electrons. The molecule has 0 unspecified atom stereocenters. The van der Waals surface area contributed by atoms with Crippen molar-refractivity contribution in [3.63, 3.8) is 0 Å². The fraction of sp³-hybridized carbons (Fsp3) is 0.562. The van der Waals surface area contributed by atoms with E-state index in [0.717, 1.165) is 11.3 Å². The molecule has 0 saturated carbocycles. The van der Waals surface area contributed by atoms with Gasteiger partial charge in [0.1, 0.15) is 0 Å². The Morgan fingerprint density at radius 3 is 2.47 bits per heavy atom. The summed E-state index contributed by atoms with van der Waals surface area (Å²) in [5.41, 5.74) is 0.836. The Labute approximate surface area is 120 Å². The van der Waals surface area contributed by atoms with E-state index in [4.69, 9.17) is 0 Å². The van der Waals surface area contributed by atoms with Crippen LogP contribution in [0.5, 0.6) is 0 Å². The average Bonchev–Trinajstić information content (AvgIpc) is 2.48. The number of hydrogen-bond acceptors (Lipinski definition) is 3. The van der Waals surface area contributed by atoms with E-state index in [1.165, 1.54) is 43.8 Å². The van der Waals surface area contributed by atoms with Crippen LogP contribution in [0.4, 0.5) is 0 Å². The number of benzene rings is 1. The highest BCUT2D eigenvalue weighted by Gasteiger charge is 2.09. The molecule has 0 aromatic heterocycles. The van der Waals surface area contributed by atoms with Gasteiger partial charge in [0.05, 0.1) is 0 Å². The van der Waals surface area contributed by atoms with Crippen molar-refractivity contribution < 1.29 is 4.79 Å². The largest absolute Gasteiger partial charge is 0.303 e. The Hall–Kier alpha value is -0.800. The van der Waals surface area contributed by atoms with E-state index in [9.17, 15) is 4.79 Å². The van der Waals surface area contributed by atoms with Gasteiger partial charge in [0.25, 0.3) is 0 Å². The molecule has 0 spiro atoms. The van der Waals surface area contributed by atoms with Crippen molar-refractivity contribution in [2.24, 2.45) is 0 Å². The molecule has 0 aliphatic carbocycles. The molecular formula is C16H23NOS. The standard InChI is InChI=1S/C16H23NOS/c1-2-16(18)14-6-8-15(9-7-14)19-13-12-17-10-4-3-5-11-17/h6-9H,2-5,10-13H2,1H3. The first-order valence-electron chi connectivity index (χ1n) is 7.28. The quantitative estimate of drug-likeness (QED) is 0.582. The maximum Gasteiger partial charge on any atom is 0.162 e. The number of carbonyl (C=O) groups is 1. The Bertz CT molecular complexity index is 396. The molecule has 1 saturated heterocycles. The second-order valence-corrected chi connectivity index (χ2v) is 6.22. The van der Waals surface area contributed by atoms with Crippen LogP contribution in [0.1, 0.15) is 43.0 Å². The number of rotatable bonds is 6. The summed E-state index contributed by atoms with van der Waals surface area (Å²) in [5, 5.41) is 0. The first-order chi connectivity index (χ1) is 9.29. The van der Waals surface area contributed by atoms with Crippen molar-refractivity contribution in [2.75, 3.05) is 25.4 Å². The normalized spacial score (nSPS) is 16.5. The average molecular weight is 277 g/mol. The monoisotopic (exact) mass is 277 g/mol. The summed E-state index contributed by atoms with van der Waals surface area (Å²) in [5.74, 6) is 1.37. The fourth-order valence-electron chi connectivity index (χ4n) is 2.42. The SMILES string of the molecule is CCC(=O)c1ccc(SCCN2CCCCC2)cc1. The highest BCUT2D eigenvalue weighted by Crippen LogP contribution is 2.19. The maximum absolute atomic E-state index is 11.5. The lowest BCUT2D eigenvalue weighted by atomic mass is 10.1. The van der Waals surface area contributed by atoms with Gasteiger partial charge < -0.3 is 4.90 Å². The zero-order valence-electron chi connectivity index (χ0n) is 11.7. The Morgan fingerprint density at radius 1 is 1.16 bits per heavy atom. The second kappa shape index (κ2) is 7.71. The van der Waals surface area contributed by atoms with Gasteiger partial charge in [-0.05, 0) is 38.1 Å². The third-order valence-corrected chi connectivity index (χ3v) is 4.61. The second-order valence-electron chi connectivity index (χ2n) is 5.05. The first kappa shape index (κ1) is 14.6. The van der Waals surface area contributed by atoms with E-state index in [1.54, 1.807) is 0 Å². The molecule has 2 nitrogen and oxygen atoms in total. The molecule has 1 aliphatic heterocycles. The molecule has 0 bridgehead atoms. The lowest BCUT2D eigenvalue weighted by Crippen LogP contribution is -2.31. The van der Waals surface area contributed by atoms with Crippen LogP contribution >= 0.6 is 11.8 Å². The van der Waals surface area contributed by atoms with Gasteiger partial charge in [0.15, 0.2) is 5.78 Å². The lowest BCUT2D eigenvalue weighted by molar-refractivity contribution is 0.0988. The summed E-state index contributed by atoms with van der Waals surface area (Å²) in [6, 6.07) is 8.05. The molecule has 0 radical (unpaired) electrons. The molecule has 0 atom stereocenters. The highest BCUT2D eigenvalue weighted by molar-refractivity contribution is 7.99. The minimum Gasteiger partial charge on any atom is -0.303 e. The fourth-order valence-corrected chi connectivity index (χ4v) is 3.33. The van der Waals surface area contributed by atoms with Crippen LogP contribution in [0.15, 0.2) is 29.2 Å². The van der Waals surface area contributed by atoms with Crippen LogP contribution in [0, 0.1) is 0 Å². The molecule has 2 rings (SSSR count). The van der Waals surface area contributed by atoms with Crippen molar-refractivity contribution >= 4 is 17.5 Å². The molecular weight excluding hydrogens is 254 g/mol. The van der Waals surface area contributed by atoms with E-state index in [1.807, 2.05) is 30.8 Å².